The van der Waals surface area contributed by atoms with Crippen LogP contribution in [0.5, 0.6) is 5.75 Å². The Hall–Kier alpha value is -1.92. The summed E-state index contributed by atoms with van der Waals surface area (Å²) >= 11 is 1.59. The third-order valence-corrected chi connectivity index (χ3v) is 5.98. The zero-order chi connectivity index (χ0) is 17.2. The topological polar surface area (TPSA) is 54.5 Å². The van der Waals surface area contributed by atoms with Crippen molar-refractivity contribution in [1.82, 2.24) is 15.2 Å². The van der Waals surface area contributed by atoms with Crippen LogP contribution in [0, 0.1) is 11.8 Å². The highest BCUT2D eigenvalue weighted by Crippen LogP contribution is 2.28. The number of thiazole rings is 1. The van der Waals surface area contributed by atoms with Crippen LogP contribution in [0.25, 0.3) is 10.6 Å². The second kappa shape index (κ2) is 7.14. The molecule has 2 atom stereocenters. The highest BCUT2D eigenvalue weighted by molar-refractivity contribution is 7.13. The largest absolute Gasteiger partial charge is 0.494 e. The molecule has 0 unspecified atom stereocenters. The Balaban J connectivity index is 1.38. The molecule has 5 nitrogen and oxygen atoms in total. The number of carbonyl (C=O) groups is 1. The summed E-state index contributed by atoms with van der Waals surface area (Å²) < 4.78 is 5.47. The summed E-state index contributed by atoms with van der Waals surface area (Å²) in [6, 6.07) is 7.96. The van der Waals surface area contributed by atoms with Crippen molar-refractivity contribution in [3.63, 3.8) is 0 Å². The van der Waals surface area contributed by atoms with E-state index in [0.717, 1.165) is 48.2 Å². The van der Waals surface area contributed by atoms with Gasteiger partial charge in [-0.15, -0.1) is 11.3 Å². The molecule has 2 aromatic rings. The number of ether oxygens (including phenoxy) is 1. The number of carbonyl (C=O) groups excluding carboxylic acids is 1. The fraction of sp³-hybridized carbons (Fsp3) is 0.474. The lowest BCUT2D eigenvalue weighted by atomic mass is 10.0. The third kappa shape index (κ3) is 3.55. The Bertz CT molecular complexity index is 731. The second-order valence-corrected chi connectivity index (χ2v) is 7.61. The first kappa shape index (κ1) is 16.5. The Morgan fingerprint density at radius 1 is 1.28 bits per heavy atom. The highest BCUT2D eigenvalue weighted by Gasteiger charge is 2.37. The molecule has 2 fully saturated rings. The van der Waals surface area contributed by atoms with Crippen LogP contribution in [0.2, 0.25) is 0 Å². The van der Waals surface area contributed by atoms with E-state index >= 15 is 0 Å². The molecule has 1 aromatic heterocycles. The number of nitrogens with one attached hydrogen (secondary N) is 1. The van der Waals surface area contributed by atoms with E-state index < -0.39 is 0 Å². The molecule has 2 saturated heterocycles. The van der Waals surface area contributed by atoms with Crippen LogP contribution in [-0.2, 0) is 11.2 Å². The number of benzene rings is 1. The number of aromatic nitrogens is 1. The van der Waals surface area contributed by atoms with E-state index in [9.17, 15) is 4.79 Å². The predicted octanol–water partition coefficient (Wildman–Crippen LogP) is 2.43. The highest BCUT2D eigenvalue weighted by atomic mass is 32.1. The van der Waals surface area contributed by atoms with Crippen molar-refractivity contribution in [1.29, 1.82) is 0 Å². The number of fused-ring (bicyclic) bond motifs is 1. The first-order valence-electron chi connectivity index (χ1n) is 8.89. The van der Waals surface area contributed by atoms with E-state index in [1.165, 1.54) is 0 Å². The van der Waals surface area contributed by atoms with Gasteiger partial charge in [0, 0.05) is 37.1 Å². The van der Waals surface area contributed by atoms with Crippen molar-refractivity contribution in [2.45, 2.75) is 13.3 Å². The van der Waals surface area contributed by atoms with Crippen LogP contribution < -0.4 is 10.1 Å². The van der Waals surface area contributed by atoms with Crippen molar-refractivity contribution in [3.8, 4) is 16.3 Å². The van der Waals surface area contributed by atoms with E-state index in [2.05, 4.69) is 10.3 Å². The molecular formula is C19H23N3O2S. The van der Waals surface area contributed by atoms with Gasteiger partial charge < -0.3 is 15.0 Å². The lowest BCUT2D eigenvalue weighted by Gasteiger charge is -2.16. The summed E-state index contributed by atoms with van der Waals surface area (Å²) in [5.41, 5.74) is 1.93. The van der Waals surface area contributed by atoms with E-state index in [0.29, 0.717) is 24.9 Å². The van der Waals surface area contributed by atoms with Crippen LogP contribution >= 0.6 is 11.3 Å². The number of hydrogen-bond donors (Lipinski definition) is 1. The van der Waals surface area contributed by atoms with Gasteiger partial charge in [0.05, 0.1) is 18.7 Å². The zero-order valence-corrected chi connectivity index (χ0v) is 15.2. The van der Waals surface area contributed by atoms with E-state index in [1.807, 2.05) is 41.5 Å². The molecule has 25 heavy (non-hydrogen) atoms. The fourth-order valence-corrected chi connectivity index (χ4v) is 4.53. The Kier molecular flexibility index (Phi) is 4.72. The van der Waals surface area contributed by atoms with Gasteiger partial charge in [-0.05, 0) is 43.0 Å². The van der Waals surface area contributed by atoms with Crippen LogP contribution in [-0.4, -0.2) is 48.6 Å². The number of nitrogens with zero attached hydrogens (tertiary/aromatic N) is 2. The van der Waals surface area contributed by atoms with Crippen molar-refractivity contribution in [3.05, 3.63) is 35.3 Å². The molecule has 0 spiro atoms. The molecule has 0 radical (unpaired) electrons. The van der Waals surface area contributed by atoms with Gasteiger partial charge in [0.15, 0.2) is 0 Å². The maximum atomic E-state index is 12.6. The normalized spacial score (nSPS) is 22.2. The summed E-state index contributed by atoms with van der Waals surface area (Å²) in [6.07, 6.45) is 0.403. The molecule has 1 N–H and O–H groups in total. The lowest BCUT2D eigenvalue weighted by molar-refractivity contribution is -0.129. The first-order chi connectivity index (χ1) is 12.2. The quantitative estimate of drug-likeness (QED) is 0.893. The number of amides is 1. The van der Waals surface area contributed by atoms with Gasteiger partial charge >= 0.3 is 0 Å². The molecule has 1 aromatic carbocycles. The van der Waals surface area contributed by atoms with E-state index in [-0.39, 0.29) is 5.91 Å². The van der Waals surface area contributed by atoms with Crippen molar-refractivity contribution < 1.29 is 9.53 Å². The SMILES string of the molecule is CCOc1ccc(-c2nc(CC(=O)N3C[C@H]4CNC[C@H]4C3)cs2)cc1. The molecule has 0 aliphatic carbocycles. The maximum absolute atomic E-state index is 12.6. The minimum Gasteiger partial charge on any atom is -0.494 e. The van der Waals surface area contributed by atoms with Crippen LogP contribution in [0.15, 0.2) is 29.6 Å². The van der Waals surface area contributed by atoms with Gasteiger partial charge in [-0.3, -0.25) is 4.79 Å². The van der Waals surface area contributed by atoms with E-state index in [1.54, 1.807) is 11.3 Å². The predicted molar refractivity (Wildman–Crippen MR) is 98.9 cm³/mol. The summed E-state index contributed by atoms with van der Waals surface area (Å²) in [4.78, 5) is 19.2. The average molecular weight is 357 g/mol. The van der Waals surface area contributed by atoms with Crippen LogP contribution in [0.4, 0.5) is 0 Å². The average Bonchev–Trinajstić information content (AvgIpc) is 3.31. The maximum Gasteiger partial charge on any atom is 0.228 e. The summed E-state index contributed by atoms with van der Waals surface area (Å²) in [7, 11) is 0. The van der Waals surface area contributed by atoms with Gasteiger partial charge in [0.1, 0.15) is 10.8 Å². The Morgan fingerprint density at radius 2 is 2.00 bits per heavy atom. The van der Waals surface area contributed by atoms with Crippen LogP contribution in [0.3, 0.4) is 0 Å². The van der Waals surface area contributed by atoms with Crippen molar-refractivity contribution in [2.24, 2.45) is 11.8 Å². The summed E-state index contributed by atoms with van der Waals surface area (Å²) in [5, 5.41) is 6.36. The fourth-order valence-electron chi connectivity index (χ4n) is 3.71. The second-order valence-electron chi connectivity index (χ2n) is 6.76. The minimum absolute atomic E-state index is 0.206. The molecule has 2 aliphatic heterocycles. The number of likely N-dealkylation sites (tertiary alicyclic amines) is 1. The zero-order valence-electron chi connectivity index (χ0n) is 14.4. The van der Waals surface area contributed by atoms with E-state index in [4.69, 9.17) is 4.74 Å². The molecule has 132 valence electrons. The van der Waals surface area contributed by atoms with Gasteiger partial charge in [-0.25, -0.2) is 4.98 Å². The minimum atomic E-state index is 0.206. The lowest BCUT2D eigenvalue weighted by Crippen LogP contribution is -2.33. The summed E-state index contributed by atoms with van der Waals surface area (Å²) in [5.74, 6) is 2.35. The smallest absolute Gasteiger partial charge is 0.228 e. The molecule has 0 bridgehead atoms. The monoisotopic (exact) mass is 357 g/mol. The van der Waals surface area contributed by atoms with Crippen molar-refractivity contribution in [2.75, 3.05) is 32.8 Å². The Morgan fingerprint density at radius 3 is 2.68 bits per heavy atom. The summed E-state index contributed by atoms with van der Waals surface area (Å²) in [6.45, 7) is 6.53. The van der Waals surface area contributed by atoms with Gasteiger partial charge in [0.2, 0.25) is 5.91 Å². The number of hydrogen-bond acceptors (Lipinski definition) is 5. The molecule has 6 heteroatoms. The van der Waals surface area contributed by atoms with Gasteiger partial charge in [0.25, 0.3) is 0 Å². The van der Waals surface area contributed by atoms with Crippen LogP contribution in [0.1, 0.15) is 12.6 Å². The molecular weight excluding hydrogens is 334 g/mol. The third-order valence-electron chi connectivity index (χ3n) is 5.04. The number of rotatable bonds is 5. The molecule has 2 aliphatic rings. The van der Waals surface area contributed by atoms with Gasteiger partial charge in [-0.1, -0.05) is 0 Å². The molecule has 1 amide bonds. The van der Waals surface area contributed by atoms with Crippen molar-refractivity contribution >= 4 is 17.2 Å². The van der Waals surface area contributed by atoms with Gasteiger partial charge in [-0.2, -0.15) is 0 Å². The first-order valence-corrected chi connectivity index (χ1v) is 9.77. The standard InChI is InChI=1S/C19H23N3O2S/c1-2-24-17-5-3-13(4-6-17)19-21-16(12-25-19)7-18(23)22-10-14-8-20-9-15(14)11-22/h3-6,12,14-15,20H,2,7-11H2,1H3/t14-,15+. The Labute approximate surface area is 152 Å². The molecule has 0 saturated carbocycles. The molecule has 4 rings (SSSR count). The molecule has 3 heterocycles.